The van der Waals surface area contributed by atoms with Crippen molar-refractivity contribution in [3.8, 4) is 0 Å². The van der Waals surface area contributed by atoms with Crippen molar-refractivity contribution >= 4 is 19.8 Å². The summed E-state index contributed by atoms with van der Waals surface area (Å²) in [7, 11) is -4.62. The van der Waals surface area contributed by atoms with E-state index in [9.17, 15) is 24.2 Å². The summed E-state index contributed by atoms with van der Waals surface area (Å²) in [6, 6.07) is 0. The molecule has 53 heavy (non-hydrogen) atoms. The molecule has 0 aromatic rings. The Hall–Kier alpha value is -1.81. The molecule has 0 amide bonds. The lowest BCUT2D eigenvalue weighted by molar-refractivity contribution is -0.161. The van der Waals surface area contributed by atoms with Gasteiger partial charge in [-0.05, 0) is 70.6 Å². The monoisotopic (exact) mass is 773 g/mol. The van der Waals surface area contributed by atoms with Crippen LogP contribution in [-0.2, 0) is 32.7 Å². The zero-order chi connectivity index (χ0) is 39.1. The molecule has 0 saturated carbocycles. The molecule has 0 aliphatic heterocycles. The minimum atomic E-state index is -4.62. The van der Waals surface area contributed by atoms with Crippen molar-refractivity contribution in [1.82, 2.24) is 0 Å². The van der Waals surface area contributed by atoms with E-state index in [1.807, 2.05) is 0 Å². The number of carbonyl (C=O) groups excluding carboxylic acids is 2. The molecule has 310 valence electrons. The maximum Gasteiger partial charge on any atom is 0.472 e. The average molecular weight is 773 g/mol. The van der Waals surface area contributed by atoms with E-state index < -0.39 is 51.8 Å². The van der Waals surface area contributed by atoms with Gasteiger partial charge in [-0.1, -0.05) is 134 Å². The van der Waals surface area contributed by atoms with Gasteiger partial charge in [-0.3, -0.25) is 18.6 Å². The molecule has 11 heteroatoms. The highest BCUT2D eigenvalue weighted by molar-refractivity contribution is 7.47. The van der Waals surface area contributed by atoms with E-state index in [1.165, 1.54) is 70.6 Å². The quantitative estimate of drug-likeness (QED) is 0.0238. The van der Waals surface area contributed by atoms with Gasteiger partial charge < -0.3 is 24.6 Å². The van der Waals surface area contributed by atoms with Crippen molar-refractivity contribution in [1.29, 1.82) is 0 Å². The molecule has 0 saturated heterocycles. The Morgan fingerprint density at radius 1 is 0.566 bits per heavy atom. The fourth-order valence-corrected chi connectivity index (χ4v) is 6.28. The molecule has 3 N–H and O–H groups in total. The number of phosphoric acid groups is 1. The van der Waals surface area contributed by atoms with E-state index in [4.69, 9.17) is 19.1 Å². The summed E-state index contributed by atoms with van der Waals surface area (Å²) in [6.07, 6.45) is 38.2. The second-order valence-corrected chi connectivity index (χ2v) is 15.5. The highest BCUT2D eigenvalue weighted by atomic mass is 31.2. The van der Waals surface area contributed by atoms with Crippen LogP contribution in [0.1, 0.15) is 181 Å². The smallest absolute Gasteiger partial charge is 0.462 e. The van der Waals surface area contributed by atoms with Crippen molar-refractivity contribution in [2.45, 2.75) is 193 Å². The molecular formula is C42H77O10P. The third-order valence-corrected chi connectivity index (χ3v) is 9.72. The fourth-order valence-electron chi connectivity index (χ4n) is 5.49. The van der Waals surface area contributed by atoms with Gasteiger partial charge in [0, 0.05) is 12.8 Å². The maximum absolute atomic E-state index is 12.6. The molecule has 0 fully saturated rings. The molecule has 0 aliphatic carbocycles. The Balaban J connectivity index is 4.35. The van der Waals surface area contributed by atoms with Crippen molar-refractivity contribution in [2.75, 3.05) is 26.4 Å². The second kappa shape index (κ2) is 38.5. The number of rotatable bonds is 39. The molecule has 3 atom stereocenters. The van der Waals surface area contributed by atoms with Crippen molar-refractivity contribution in [3.05, 3.63) is 36.5 Å². The van der Waals surface area contributed by atoms with Gasteiger partial charge in [0.1, 0.15) is 12.7 Å². The number of aliphatic hydroxyl groups excluding tert-OH is 2. The Labute approximate surface area is 322 Å². The maximum atomic E-state index is 12.6. The van der Waals surface area contributed by atoms with E-state index in [1.54, 1.807) is 0 Å². The summed E-state index contributed by atoms with van der Waals surface area (Å²) < 4.78 is 32.7. The first-order valence-corrected chi connectivity index (χ1v) is 22.4. The van der Waals surface area contributed by atoms with Gasteiger partial charge in [-0.25, -0.2) is 4.57 Å². The van der Waals surface area contributed by atoms with Crippen LogP contribution in [0.4, 0.5) is 0 Å². The largest absolute Gasteiger partial charge is 0.472 e. The van der Waals surface area contributed by atoms with Gasteiger partial charge in [0.25, 0.3) is 0 Å². The minimum absolute atomic E-state index is 0.167. The Morgan fingerprint density at radius 3 is 1.51 bits per heavy atom. The van der Waals surface area contributed by atoms with Crippen molar-refractivity contribution < 1.29 is 47.8 Å². The lowest BCUT2D eigenvalue weighted by Gasteiger charge is -2.20. The van der Waals surface area contributed by atoms with Crippen LogP contribution in [0.2, 0.25) is 0 Å². The number of hydrogen-bond acceptors (Lipinski definition) is 9. The van der Waals surface area contributed by atoms with Gasteiger partial charge >= 0.3 is 19.8 Å². The van der Waals surface area contributed by atoms with Crippen molar-refractivity contribution in [3.63, 3.8) is 0 Å². The average Bonchev–Trinajstić information content (AvgIpc) is 3.14. The topological polar surface area (TPSA) is 149 Å². The summed E-state index contributed by atoms with van der Waals surface area (Å²) in [4.78, 5) is 34.9. The molecule has 0 aliphatic rings. The number of hydrogen-bond donors (Lipinski definition) is 3. The molecule has 0 heterocycles. The van der Waals surface area contributed by atoms with Crippen LogP contribution in [0.15, 0.2) is 36.5 Å². The van der Waals surface area contributed by atoms with Gasteiger partial charge in [0.05, 0.1) is 19.8 Å². The predicted molar refractivity (Wildman–Crippen MR) is 214 cm³/mol. The SMILES string of the molecule is CCCCCC=CCC=CCCCCCCCC(=O)O[C@H](COC(=O)CCCCCCCCCC=CCCCCCC)COP(=O)(O)OC[C@@H](O)CO. The summed E-state index contributed by atoms with van der Waals surface area (Å²) in [6.45, 7) is 2.32. The van der Waals surface area contributed by atoms with Crippen molar-refractivity contribution in [2.24, 2.45) is 0 Å². The second-order valence-electron chi connectivity index (χ2n) is 14.0. The normalized spacial score (nSPS) is 14.3. The first-order chi connectivity index (χ1) is 25.7. The Bertz CT molecular complexity index is 983. The van der Waals surface area contributed by atoms with Crippen LogP contribution >= 0.6 is 7.82 Å². The number of allylic oxidation sites excluding steroid dienone is 6. The first-order valence-electron chi connectivity index (χ1n) is 20.9. The van der Waals surface area contributed by atoms with Crippen LogP contribution in [0.5, 0.6) is 0 Å². The van der Waals surface area contributed by atoms with Crippen LogP contribution in [0, 0.1) is 0 Å². The number of carbonyl (C=O) groups is 2. The van der Waals surface area contributed by atoms with E-state index in [0.29, 0.717) is 12.8 Å². The van der Waals surface area contributed by atoms with Gasteiger partial charge in [0.15, 0.2) is 6.10 Å². The number of aliphatic hydroxyl groups is 2. The number of ether oxygens (including phenoxy) is 2. The molecule has 10 nitrogen and oxygen atoms in total. The summed E-state index contributed by atoms with van der Waals surface area (Å²) in [5.74, 6) is -0.945. The standard InChI is InChI=1S/C42H77O10P/c1-3-5-7-9-11-13-15-17-19-21-23-25-27-29-31-33-41(45)49-37-40(38-51-53(47,48)50-36-39(44)35-43)52-42(46)34-32-30-28-26-24-22-20-18-16-14-12-10-8-6-4-2/h12-15,18,20,39-40,43-44H,3-11,16-17,19,21-38H2,1-2H3,(H,47,48)/t39-,40+/m0/s1. The lowest BCUT2D eigenvalue weighted by Crippen LogP contribution is -2.29. The third kappa shape index (κ3) is 38.3. The van der Waals surface area contributed by atoms with Gasteiger partial charge in [0.2, 0.25) is 0 Å². The zero-order valence-corrected chi connectivity index (χ0v) is 34.4. The van der Waals surface area contributed by atoms with Gasteiger partial charge in [-0.2, -0.15) is 0 Å². The van der Waals surface area contributed by atoms with E-state index in [-0.39, 0.29) is 19.4 Å². The Morgan fingerprint density at radius 2 is 0.981 bits per heavy atom. The zero-order valence-electron chi connectivity index (χ0n) is 33.5. The molecule has 0 rings (SSSR count). The third-order valence-electron chi connectivity index (χ3n) is 8.77. The highest BCUT2D eigenvalue weighted by Gasteiger charge is 2.27. The summed E-state index contributed by atoms with van der Waals surface area (Å²) >= 11 is 0. The molecule has 0 bridgehead atoms. The molecule has 0 radical (unpaired) electrons. The molecule has 0 aromatic heterocycles. The fraction of sp³-hybridized carbons (Fsp3) is 0.810. The lowest BCUT2D eigenvalue weighted by atomic mass is 10.1. The summed E-state index contributed by atoms with van der Waals surface area (Å²) in [5.41, 5.74) is 0. The molecular weight excluding hydrogens is 695 g/mol. The number of unbranched alkanes of at least 4 members (excludes halogenated alkanes) is 19. The first kappa shape index (κ1) is 51.2. The molecule has 0 aromatic carbocycles. The van der Waals surface area contributed by atoms with E-state index in [2.05, 4.69) is 54.8 Å². The van der Waals surface area contributed by atoms with Crippen LogP contribution < -0.4 is 0 Å². The van der Waals surface area contributed by atoms with E-state index >= 15 is 0 Å². The predicted octanol–water partition coefficient (Wildman–Crippen LogP) is 10.8. The number of phosphoric ester groups is 1. The number of esters is 2. The molecule has 0 spiro atoms. The van der Waals surface area contributed by atoms with Crippen LogP contribution in [-0.4, -0.2) is 65.7 Å². The van der Waals surface area contributed by atoms with Crippen LogP contribution in [0.3, 0.4) is 0 Å². The highest BCUT2D eigenvalue weighted by Crippen LogP contribution is 2.43. The minimum Gasteiger partial charge on any atom is -0.462 e. The molecule has 1 unspecified atom stereocenters. The summed E-state index contributed by atoms with van der Waals surface area (Å²) in [5, 5.41) is 18.3. The van der Waals surface area contributed by atoms with Crippen LogP contribution in [0.25, 0.3) is 0 Å². The van der Waals surface area contributed by atoms with E-state index in [0.717, 1.165) is 70.6 Å². The Kier molecular flexibility index (Phi) is 37.2. The van der Waals surface area contributed by atoms with Gasteiger partial charge in [-0.15, -0.1) is 0 Å².